The first-order valence-corrected chi connectivity index (χ1v) is 7.28. The number of carbonyl (C=O) groups excluding carboxylic acids is 1. The second kappa shape index (κ2) is 5.43. The Balaban J connectivity index is 2.05. The van der Waals surface area contributed by atoms with E-state index in [2.05, 4.69) is 40.2 Å². The molecular formula is C13H20BrN3O. The van der Waals surface area contributed by atoms with Gasteiger partial charge in [0.05, 0.1) is 4.47 Å². The molecule has 1 aliphatic rings. The minimum atomic E-state index is -0.0755. The summed E-state index contributed by atoms with van der Waals surface area (Å²) in [6.07, 6.45) is 5.32. The van der Waals surface area contributed by atoms with Crippen molar-refractivity contribution >= 4 is 21.8 Å². The smallest absolute Gasteiger partial charge is 0.273 e. The largest absolute Gasteiger partial charge is 0.348 e. The molecule has 1 N–H and O–H groups in total. The summed E-state index contributed by atoms with van der Waals surface area (Å²) in [6.45, 7) is 4.49. The van der Waals surface area contributed by atoms with Crippen LogP contribution in [0.1, 0.15) is 43.6 Å². The van der Waals surface area contributed by atoms with Crippen molar-refractivity contribution < 1.29 is 4.79 Å². The molecule has 0 bridgehead atoms. The Kier molecular flexibility index (Phi) is 4.10. The molecule has 0 spiro atoms. The zero-order valence-corrected chi connectivity index (χ0v) is 12.7. The van der Waals surface area contributed by atoms with Gasteiger partial charge in [-0.1, -0.05) is 26.7 Å². The quantitative estimate of drug-likeness (QED) is 0.912. The minimum absolute atomic E-state index is 0.0755. The lowest BCUT2D eigenvalue weighted by Gasteiger charge is -2.34. The van der Waals surface area contributed by atoms with Gasteiger partial charge in [0.15, 0.2) is 5.69 Å². The fraction of sp³-hybridized carbons (Fsp3) is 0.692. The summed E-state index contributed by atoms with van der Waals surface area (Å²) in [4.78, 5) is 12.2. The molecule has 1 fully saturated rings. The molecule has 3 atom stereocenters. The Morgan fingerprint density at radius 3 is 2.83 bits per heavy atom. The van der Waals surface area contributed by atoms with Gasteiger partial charge in [0.25, 0.3) is 5.91 Å². The molecule has 0 aromatic carbocycles. The lowest BCUT2D eigenvalue weighted by atomic mass is 9.78. The van der Waals surface area contributed by atoms with E-state index in [0.717, 1.165) is 10.9 Å². The number of nitrogens with zero attached hydrogens (tertiary/aromatic N) is 2. The number of hydrogen-bond acceptors (Lipinski definition) is 2. The van der Waals surface area contributed by atoms with Gasteiger partial charge in [0.1, 0.15) is 0 Å². The Morgan fingerprint density at radius 1 is 1.50 bits per heavy atom. The van der Waals surface area contributed by atoms with Crippen LogP contribution in [0, 0.1) is 11.8 Å². The number of rotatable bonds is 2. The van der Waals surface area contributed by atoms with Crippen LogP contribution < -0.4 is 5.32 Å². The second-order valence-electron chi connectivity index (χ2n) is 5.35. The third kappa shape index (κ3) is 2.76. The first-order chi connectivity index (χ1) is 8.49. The molecule has 0 unspecified atom stereocenters. The number of aryl methyl sites for hydroxylation is 1. The van der Waals surface area contributed by atoms with Gasteiger partial charge >= 0.3 is 0 Å². The zero-order chi connectivity index (χ0) is 13.3. The monoisotopic (exact) mass is 313 g/mol. The summed E-state index contributed by atoms with van der Waals surface area (Å²) >= 11 is 3.37. The molecule has 4 nitrogen and oxygen atoms in total. The molecule has 1 saturated carbocycles. The first kappa shape index (κ1) is 13.6. The maximum Gasteiger partial charge on any atom is 0.273 e. The highest BCUT2D eigenvalue weighted by molar-refractivity contribution is 9.10. The summed E-state index contributed by atoms with van der Waals surface area (Å²) < 4.78 is 2.39. The predicted molar refractivity (Wildman–Crippen MR) is 74.3 cm³/mol. The van der Waals surface area contributed by atoms with E-state index in [4.69, 9.17) is 0 Å². The fourth-order valence-electron chi connectivity index (χ4n) is 2.64. The van der Waals surface area contributed by atoms with E-state index >= 15 is 0 Å². The van der Waals surface area contributed by atoms with E-state index in [0.29, 0.717) is 17.5 Å². The van der Waals surface area contributed by atoms with Gasteiger partial charge in [0, 0.05) is 19.3 Å². The van der Waals surface area contributed by atoms with Crippen LogP contribution in [0.3, 0.4) is 0 Å². The molecule has 18 heavy (non-hydrogen) atoms. The van der Waals surface area contributed by atoms with Crippen molar-refractivity contribution in [1.29, 1.82) is 0 Å². The average Bonchev–Trinajstić information content (AvgIpc) is 2.64. The van der Waals surface area contributed by atoms with Crippen molar-refractivity contribution in [2.75, 3.05) is 0 Å². The number of halogens is 1. The summed E-state index contributed by atoms with van der Waals surface area (Å²) in [5, 5.41) is 7.30. The van der Waals surface area contributed by atoms with Gasteiger partial charge in [-0.05, 0) is 34.2 Å². The van der Waals surface area contributed by atoms with Crippen molar-refractivity contribution in [3.05, 3.63) is 16.4 Å². The van der Waals surface area contributed by atoms with Crippen molar-refractivity contribution in [2.24, 2.45) is 18.9 Å². The lowest BCUT2D eigenvalue weighted by Crippen LogP contribution is -2.43. The normalized spacial score (nSPS) is 28.1. The van der Waals surface area contributed by atoms with Crippen LogP contribution in [0.2, 0.25) is 0 Å². The molecule has 0 saturated heterocycles. The molecular weight excluding hydrogens is 294 g/mol. The molecule has 1 heterocycles. The summed E-state index contributed by atoms with van der Waals surface area (Å²) in [6, 6.07) is 0.273. The van der Waals surface area contributed by atoms with E-state index in [1.165, 1.54) is 12.8 Å². The van der Waals surface area contributed by atoms with E-state index < -0.39 is 0 Å². The van der Waals surface area contributed by atoms with Gasteiger partial charge in [-0.2, -0.15) is 5.10 Å². The number of aromatic nitrogens is 2. The SMILES string of the molecule is C[C@H]1[C@H](C)CCC[C@@H]1NC(=O)c1nn(C)cc1Br. The van der Waals surface area contributed by atoms with E-state index in [1.807, 2.05) is 7.05 Å². The molecule has 1 aromatic heterocycles. The minimum Gasteiger partial charge on any atom is -0.348 e. The molecule has 0 radical (unpaired) electrons. The molecule has 1 aliphatic carbocycles. The lowest BCUT2D eigenvalue weighted by molar-refractivity contribution is 0.0884. The molecule has 1 amide bonds. The molecule has 2 rings (SSSR count). The second-order valence-corrected chi connectivity index (χ2v) is 6.20. The summed E-state index contributed by atoms with van der Waals surface area (Å²) in [5.74, 6) is 1.13. The number of carbonyl (C=O) groups is 1. The van der Waals surface area contributed by atoms with Gasteiger partial charge < -0.3 is 5.32 Å². The van der Waals surface area contributed by atoms with Gasteiger partial charge in [0.2, 0.25) is 0 Å². The van der Waals surface area contributed by atoms with Gasteiger partial charge in [-0.3, -0.25) is 9.48 Å². The van der Waals surface area contributed by atoms with Crippen LogP contribution in [0.15, 0.2) is 10.7 Å². The number of nitrogens with one attached hydrogen (secondary N) is 1. The molecule has 5 heteroatoms. The van der Waals surface area contributed by atoms with E-state index in [1.54, 1.807) is 10.9 Å². The topological polar surface area (TPSA) is 46.9 Å². The summed E-state index contributed by atoms with van der Waals surface area (Å²) in [7, 11) is 1.81. The van der Waals surface area contributed by atoms with Crippen LogP contribution in [-0.2, 0) is 7.05 Å². The van der Waals surface area contributed by atoms with E-state index in [9.17, 15) is 4.79 Å². The molecule has 100 valence electrons. The Morgan fingerprint density at radius 2 is 2.22 bits per heavy atom. The Hall–Kier alpha value is -0.840. The van der Waals surface area contributed by atoms with Crippen molar-refractivity contribution in [3.63, 3.8) is 0 Å². The molecule has 0 aliphatic heterocycles. The fourth-order valence-corrected chi connectivity index (χ4v) is 3.19. The highest BCUT2D eigenvalue weighted by atomic mass is 79.9. The maximum atomic E-state index is 12.2. The molecule has 1 aromatic rings. The van der Waals surface area contributed by atoms with Crippen LogP contribution in [0.25, 0.3) is 0 Å². The highest BCUT2D eigenvalue weighted by Gasteiger charge is 2.29. The van der Waals surface area contributed by atoms with Crippen LogP contribution in [-0.4, -0.2) is 21.7 Å². The van der Waals surface area contributed by atoms with Gasteiger partial charge in [-0.25, -0.2) is 0 Å². The number of amides is 1. The van der Waals surface area contributed by atoms with Crippen LogP contribution in [0.5, 0.6) is 0 Å². The predicted octanol–water partition coefficient (Wildman–Crippen LogP) is 2.74. The average molecular weight is 314 g/mol. The first-order valence-electron chi connectivity index (χ1n) is 6.49. The van der Waals surface area contributed by atoms with E-state index in [-0.39, 0.29) is 11.9 Å². The maximum absolute atomic E-state index is 12.2. The Bertz CT molecular complexity index is 443. The standard InChI is InChI=1S/C13H20BrN3O/c1-8-5-4-6-11(9(8)2)15-13(18)12-10(14)7-17(3)16-12/h7-9,11H,4-6H2,1-3H3,(H,15,18)/t8-,9+,11+/m1/s1. The highest BCUT2D eigenvalue weighted by Crippen LogP contribution is 2.29. The third-order valence-electron chi connectivity index (χ3n) is 4.02. The van der Waals surface area contributed by atoms with Crippen LogP contribution in [0.4, 0.5) is 0 Å². The zero-order valence-electron chi connectivity index (χ0n) is 11.1. The van der Waals surface area contributed by atoms with Gasteiger partial charge in [-0.15, -0.1) is 0 Å². The third-order valence-corrected chi connectivity index (χ3v) is 4.60. The Labute approximate surface area is 116 Å². The summed E-state index contributed by atoms with van der Waals surface area (Å²) in [5.41, 5.74) is 0.475. The van der Waals surface area contributed by atoms with Crippen LogP contribution >= 0.6 is 15.9 Å². The van der Waals surface area contributed by atoms with Crippen molar-refractivity contribution in [2.45, 2.75) is 39.2 Å². The number of hydrogen-bond donors (Lipinski definition) is 1. The van der Waals surface area contributed by atoms with Crippen molar-refractivity contribution in [3.8, 4) is 0 Å². The van der Waals surface area contributed by atoms with Crippen molar-refractivity contribution in [1.82, 2.24) is 15.1 Å².